The van der Waals surface area contributed by atoms with Crippen LogP contribution in [0.15, 0.2) is 36.5 Å². The van der Waals surface area contributed by atoms with Crippen LogP contribution in [0, 0.1) is 0 Å². The Bertz CT molecular complexity index is 806. The number of amides is 1. The van der Waals surface area contributed by atoms with E-state index in [9.17, 15) is 15.0 Å². The van der Waals surface area contributed by atoms with Gasteiger partial charge in [0.2, 0.25) is 5.91 Å². The molecule has 0 aromatic rings. The predicted molar refractivity (Wildman–Crippen MR) is 235 cm³/mol. The number of aliphatic hydroxyl groups excluding tert-OH is 2. The van der Waals surface area contributed by atoms with E-state index in [0.717, 1.165) is 32.1 Å². The highest BCUT2D eigenvalue weighted by molar-refractivity contribution is 5.76. The molecule has 0 saturated carbocycles. The Kier molecular flexibility index (Phi) is 43.8. The Labute approximate surface area is 331 Å². The van der Waals surface area contributed by atoms with E-state index in [1.165, 1.54) is 199 Å². The van der Waals surface area contributed by atoms with E-state index < -0.39 is 12.1 Å². The minimum atomic E-state index is -0.862. The molecule has 1 amide bonds. The normalized spacial score (nSPS) is 13.2. The lowest BCUT2D eigenvalue weighted by atomic mass is 10.0. The van der Waals surface area contributed by atoms with Gasteiger partial charge in [0.05, 0.1) is 18.8 Å². The van der Waals surface area contributed by atoms with E-state index in [4.69, 9.17) is 0 Å². The molecule has 0 aliphatic carbocycles. The second-order valence-corrected chi connectivity index (χ2v) is 16.2. The average molecular weight is 744 g/mol. The summed E-state index contributed by atoms with van der Waals surface area (Å²) in [5.74, 6) is -0.0743. The second-order valence-electron chi connectivity index (χ2n) is 16.2. The van der Waals surface area contributed by atoms with Gasteiger partial charge in [-0.15, -0.1) is 0 Å². The van der Waals surface area contributed by atoms with E-state index in [1.54, 1.807) is 6.08 Å². The molecule has 0 radical (unpaired) electrons. The number of hydrogen-bond acceptors (Lipinski definition) is 3. The van der Waals surface area contributed by atoms with Crippen molar-refractivity contribution in [3.8, 4) is 0 Å². The van der Waals surface area contributed by atoms with Crippen molar-refractivity contribution in [2.45, 2.75) is 264 Å². The zero-order valence-electron chi connectivity index (χ0n) is 35.8. The van der Waals surface area contributed by atoms with Gasteiger partial charge >= 0.3 is 0 Å². The number of carbonyl (C=O) groups excluding carboxylic acids is 1. The summed E-state index contributed by atoms with van der Waals surface area (Å²) in [6.45, 7) is 4.31. The van der Waals surface area contributed by atoms with Crippen LogP contribution in [-0.4, -0.2) is 34.9 Å². The standard InChI is InChI=1S/C49H93NO3/c1-3-5-7-9-11-13-15-17-19-21-23-25-27-29-31-33-35-37-39-41-43-45-49(53)50-47(46-51)48(52)44-42-40-38-36-34-32-30-28-26-24-22-20-18-16-14-12-10-8-6-4-2/h21,23,34,36,42,44,47-48,51-52H,3-20,22,24-33,35,37-41,43,45-46H2,1-2H3,(H,50,53)/b23-21-,36-34+,44-42+. The third kappa shape index (κ3) is 41.6. The van der Waals surface area contributed by atoms with Crippen molar-refractivity contribution in [2.75, 3.05) is 6.61 Å². The van der Waals surface area contributed by atoms with Crippen LogP contribution in [0.2, 0.25) is 0 Å². The van der Waals surface area contributed by atoms with E-state index in [1.807, 2.05) is 6.08 Å². The lowest BCUT2D eigenvalue weighted by molar-refractivity contribution is -0.123. The van der Waals surface area contributed by atoms with Gasteiger partial charge in [-0.1, -0.05) is 224 Å². The molecule has 2 atom stereocenters. The first kappa shape index (κ1) is 51.6. The lowest BCUT2D eigenvalue weighted by Gasteiger charge is -2.19. The van der Waals surface area contributed by atoms with Crippen molar-refractivity contribution in [1.82, 2.24) is 5.32 Å². The molecule has 4 heteroatoms. The van der Waals surface area contributed by atoms with Gasteiger partial charge in [-0.2, -0.15) is 0 Å². The third-order valence-corrected chi connectivity index (χ3v) is 10.8. The number of allylic oxidation sites excluding steroid dienone is 5. The number of rotatable bonds is 43. The van der Waals surface area contributed by atoms with Crippen LogP contribution < -0.4 is 5.32 Å². The monoisotopic (exact) mass is 744 g/mol. The molecule has 0 aliphatic heterocycles. The lowest BCUT2D eigenvalue weighted by Crippen LogP contribution is -2.45. The van der Waals surface area contributed by atoms with Crippen molar-refractivity contribution in [1.29, 1.82) is 0 Å². The van der Waals surface area contributed by atoms with E-state index in [2.05, 4.69) is 43.5 Å². The van der Waals surface area contributed by atoms with Gasteiger partial charge in [0, 0.05) is 6.42 Å². The Morgan fingerprint density at radius 1 is 0.434 bits per heavy atom. The molecule has 3 N–H and O–H groups in total. The summed E-state index contributed by atoms with van der Waals surface area (Å²) in [5, 5.41) is 23.0. The molecule has 0 bridgehead atoms. The molecule has 53 heavy (non-hydrogen) atoms. The number of nitrogens with one attached hydrogen (secondary N) is 1. The van der Waals surface area contributed by atoms with E-state index in [0.29, 0.717) is 6.42 Å². The minimum Gasteiger partial charge on any atom is -0.394 e. The molecule has 4 nitrogen and oxygen atoms in total. The second kappa shape index (κ2) is 45.0. The average Bonchev–Trinajstić information content (AvgIpc) is 3.16. The van der Waals surface area contributed by atoms with Crippen LogP contribution in [-0.2, 0) is 4.79 Å². The van der Waals surface area contributed by atoms with Crippen LogP contribution in [0.1, 0.15) is 251 Å². The molecule has 0 fully saturated rings. The molecule has 0 rings (SSSR count). The minimum absolute atomic E-state index is 0.0743. The quantitative estimate of drug-likeness (QED) is 0.0430. The first-order chi connectivity index (χ1) is 26.2. The van der Waals surface area contributed by atoms with Gasteiger partial charge in [0.15, 0.2) is 0 Å². The number of hydrogen-bond donors (Lipinski definition) is 3. The van der Waals surface area contributed by atoms with Gasteiger partial charge in [-0.25, -0.2) is 0 Å². The molecular formula is C49H93NO3. The highest BCUT2D eigenvalue weighted by Gasteiger charge is 2.17. The van der Waals surface area contributed by atoms with Crippen molar-refractivity contribution >= 4 is 5.91 Å². The Morgan fingerprint density at radius 2 is 0.736 bits per heavy atom. The fraction of sp³-hybridized carbons (Fsp3) is 0.857. The first-order valence-electron chi connectivity index (χ1n) is 23.7. The molecule has 0 heterocycles. The Hall–Kier alpha value is -1.39. The zero-order chi connectivity index (χ0) is 38.6. The molecule has 0 aliphatic rings. The Morgan fingerprint density at radius 3 is 1.09 bits per heavy atom. The maximum absolute atomic E-state index is 12.4. The van der Waals surface area contributed by atoms with Crippen LogP contribution >= 0.6 is 0 Å². The summed E-state index contributed by atoms with van der Waals surface area (Å²) in [6, 6.07) is -0.639. The summed E-state index contributed by atoms with van der Waals surface area (Å²) in [6.07, 6.45) is 59.8. The van der Waals surface area contributed by atoms with Crippen molar-refractivity contribution in [3.63, 3.8) is 0 Å². The Balaban J connectivity index is 3.58. The maximum Gasteiger partial charge on any atom is 0.220 e. The summed E-state index contributed by atoms with van der Waals surface area (Å²) < 4.78 is 0. The van der Waals surface area contributed by atoms with Crippen LogP contribution in [0.25, 0.3) is 0 Å². The van der Waals surface area contributed by atoms with Gasteiger partial charge < -0.3 is 15.5 Å². The molecular weight excluding hydrogens is 651 g/mol. The van der Waals surface area contributed by atoms with E-state index >= 15 is 0 Å². The van der Waals surface area contributed by atoms with Crippen molar-refractivity contribution in [3.05, 3.63) is 36.5 Å². The fourth-order valence-corrected chi connectivity index (χ4v) is 7.19. The zero-order valence-corrected chi connectivity index (χ0v) is 35.8. The third-order valence-electron chi connectivity index (χ3n) is 10.8. The van der Waals surface area contributed by atoms with Crippen molar-refractivity contribution < 1.29 is 15.0 Å². The van der Waals surface area contributed by atoms with Crippen LogP contribution in [0.4, 0.5) is 0 Å². The molecule has 0 aromatic heterocycles. The first-order valence-corrected chi connectivity index (χ1v) is 23.7. The SMILES string of the molecule is CCCCCCCCCC/C=C\CCCCCCCCCCCC(=O)NC(CO)C(O)/C=C/CC/C=C/CCCCCCCCCCCCCCCC. The summed E-state index contributed by atoms with van der Waals surface area (Å²) >= 11 is 0. The molecule has 0 saturated heterocycles. The number of aliphatic hydroxyl groups is 2. The van der Waals surface area contributed by atoms with Crippen LogP contribution in [0.3, 0.4) is 0 Å². The predicted octanol–water partition coefficient (Wildman–Crippen LogP) is 15.0. The smallest absolute Gasteiger partial charge is 0.220 e. The van der Waals surface area contributed by atoms with Crippen LogP contribution in [0.5, 0.6) is 0 Å². The topological polar surface area (TPSA) is 69.6 Å². The van der Waals surface area contributed by atoms with Crippen molar-refractivity contribution in [2.24, 2.45) is 0 Å². The van der Waals surface area contributed by atoms with Gasteiger partial charge in [0.25, 0.3) is 0 Å². The van der Waals surface area contributed by atoms with Gasteiger partial charge in [-0.05, 0) is 57.8 Å². The molecule has 0 aromatic carbocycles. The number of carbonyl (C=O) groups is 1. The number of unbranched alkanes of at least 4 members (excludes halogenated alkanes) is 32. The van der Waals surface area contributed by atoms with Gasteiger partial charge in [0.1, 0.15) is 0 Å². The highest BCUT2D eigenvalue weighted by Crippen LogP contribution is 2.15. The maximum atomic E-state index is 12.4. The fourth-order valence-electron chi connectivity index (χ4n) is 7.19. The molecule has 2 unspecified atom stereocenters. The van der Waals surface area contributed by atoms with E-state index in [-0.39, 0.29) is 12.5 Å². The summed E-state index contributed by atoms with van der Waals surface area (Å²) in [7, 11) is 0. The molecule has 312 valence electrons. The summed E-state index contributed by atoms with van der Waals surface area (Å²) in [4.78, 5) is 12.4. The molecule has 0 spiro atoms. The largest absolute Gasteiger partial charge is 0.394 e. The van der Waals surface area contributed by atoms with Gasteiger partial charge in [-0.3, -0.25) is 4.79 Å². The highest BCUT2D eigenvalue weighted by atomic mass is 16.3. The summed E-state index contributed by atoms with van der Waals surface area (Å²) in [5.41, 5.74) is 0.